The molecule has 0 aliphatic carbocycles. The molecule has 2 aromatic carbocycles. The van der Waals surface area contributed by atoms with Gasteiger partial charge in [0, 0.05) is 99.1 Å². The number of aromatic nitrogens is 4. The highest BCUT2D eigenvalue weighted by atomic mass is 32.1. The molecule has 3 saturated heterocycles. The summed E-state index contributed by atoms with van der Waals surface area (Å²) in [5.41, 5.74) is 5.59. The molecule has 6 aromatic rings. The molecule has 4 aromatic heterocycles. The second-order valence-corrected chi connectivity index (χ2v) is 17.6. The first-order valence-corrected chi connectivity index (χ1v) is 21.7. The summed E-state index contributed by atoms with van der Waals surface area (Å²) in [5.74, 6) is 1.48. The van der Waals surface area contributed by atoms with E-state index in [0.29, 0.717) is 30.1 Å². The number of hydrogen-bond acceptors (Lipinski definition) is 12. The minimum absolute atomic E-state index is 0.0294. The molecule has 10 rings (SSSR count). The number of piperidine rings is 2. The SMILES string of the molecule is COc1ccc2c(c1N1CCN(CC3CCN(c4ccc(-c5ccc6c(ccc7sc8c(c76)NC[C@@H](C)NC8=O)n5)cn4)CC3)CC1)n(C)c(=O)n2C1CCC(=O)NC1=O. The van der Waals surface area contributed by atoms with Crippen molar-refractivity contribution in [1.29, 1.82) is 0 Å². The Hall–Kier alpha value is -6.00. The van der Waals surface area contributed by atoms with Gasteiger partial charge in [-0.05, 0) is 80.6 Å². The number of methoxy groups -OCH3 is 1. The minimum atomic E-state index is -0.739. The summed E-state index contributed by atoms with van der Waals surface area (Å²) < 4.78 is 10.0. The summed E-state index contributed by atoms with van der Waals surface area (Å²) in [6.07, 6.45) is 4.60. The van der Waals surface area contributed by atoms with E-state index in [1.807, 2.05) is 37.4 Å². The molecule has 2 atom stereocenters. The van der Waals surface area contributed by atoms with Crippen molar-refractivity contribution in [2.75, 3.05) is 74.6 Å². The molecule has 60 heavy (non-hydrogen) atoms. The first-order chi connectivity index (χ1) is 29.1. The third-order valence-corrected chi connectivity index (χ3v) is 14.0. The van der Waals surface area contributed by atoms with E-state index in [0.717, 1.165) is 118 Å². The smallest absolute Gasteiger partial charge is 0.329 e. The highest BCUT2D eigenvalue weighted by molar-refractivity contribution is 7.21. The van der Waals surface area contributed by atoms with Gasteiger partial charge >= 0.3 is 5.69 Å². The molecule has 0 radical (unpaired) electrons. The van der Waals surface area contributed by atoms with Gasteiger partial charge in [0.2, 0.25) is 11.8 Å². The fourth-order valence-corrected chi connectivity index (χ4v) is 10.7. The van der Waals surface area contributed by atoms with Crippen molar-refractivity contribution in [3.8, 4) is 17.0 Å². The summed E-state index contributed by atoms with van der Waals surface area (Å²) in [5, 5.41) is 11.1. The highest BCUT2D eigenvalue weighted by Crippen LogP contribution is 2.42. The number of thiophene rings is 1. The lowest BCUT2D eigenvalue weighted by molar-refractivity contribution is -0.135. The first kappa shape index (κ1) is 38.2. The van der Waals surface area contributed by atoms with Gasteiger partial charge in [0.05, 0.1) is 35.0 Å². The zero-order chi connectivity index (χ0) is 41.2. The maximum absolute atomic E-state index is 13.6. The van der Waals surface area contributed by atoms with Gasteiger partial charge in [0.15, 0.2) is 0 Å². The Balaban J connectivity index is 0.771. The van der Waals surface area contributed by atoms with Crippen molar-refractivity contribution < 1.29 is 19.1 Å². The number of nitrogens with one attached hydrogen (secondary N) is 3. The summed E-state index contributed by atoms with van der Waals surface area (Å²) in [7, 11) is 3.38. The molecule has 3 fully saturated rings. The molecule has 4 aliphatic rings. The fourth-order valence-electron chi connectivity index (χ4n) is 9.61. The van der Waals surface area contributed by atoms with Crippen LogP contribution < -0.4 is 36.2 Å². The maximum Gasteiger partial charge on any atom is 0.329 e. The van der Waals surface area contributed by atoms with Crippen LogP contribution in [0.3, 0.4) is 0 Å². The van der Waals surface area contributed by atoms with E-state index in [-0.39, 0.29) is 30.0 Å². The normalized spacial score (nSPS) is 20.6. The standard InChI is InChI=1S/C44H48N10O5S/c1-25-22-46-38-37-28-5-6-29(48-30(28)7-11-34(37)60-41(38)43(57)47-25)27-4-12-35(45-23-27)52-16-14-26(15-17-52)24-51-18-20-53(21-19-51)40-33(59-3)10-8-31-39(40)50(2)44(58)54(31)32-9-13-36(55)49-42(32)56/h4-8,10-12,23,25-26,32,46H,9,13-22,24H2,1-3H3,(H,47,57)(H,49,55,56)/t25-,32?/m1/s1. The molecule has 8 heterocycles. The number of imidazole rings is 1. The minimum Gasteiger partial charge on any atom is -0.494 e. The molecule has 3 amide bonds. The average molecular weight is 829 g/mol. The van der Waals surface area contributed by atoms with Gasteiger partial charge in [0.25, 0.3) is 5.91 Å². The van der Waals surface area contributed by atoms with Crippen molar-refractivity contribution in [1.82, 2.24) is 34.6 Å². The van der Waals surface area contributed by atoms with Crippen LogP contribution in [0.15, 0.2) is 59.5 Å². The Labute approximate surface area is 350 Å². The quantitative estimate of drug-likeness (QED) is 0.191. The average Bonchev–Trinajstić information content (AvgIpc) is 3.72. The van der Waals surface area contributed by atoms with Gasteiger partial charge in [-0.2, -0.15) is 0 Å². The monoisotopic (exact) mass is 828 g/mol. The maximum atomic E-state index is 13.6. The molecule has 15 nitrogen and oxygen atoms in total. The Morgan fingerprint density at radius 3 is 2.47 bits per heavy atom. The molecule has 4 aliphatic heterocycles. The van der Waals surface area contributed by atoms with Gasteiger partial charge in [-0.1, -0.05) is 0 Å². The van der Waals surface area contributed by atoms with Crippen LogP contribution in [0.5, 0.6) is 5.75 Å². The summed E-state index contributed by atoms with van der Waals surface area (Å²) in [4.78, 5) is 69.0. The zero-order valence-corrected chi connectivity index (χ0v) is 34.8. The second-order valence-electron chi connectivity index (χ2n) is 16.5. The highest BCUT2D eigenvalue weighted by Gasteiger charge is 2.34. The number of ether oxygens (including phenoxy) is 1. The van der Waals surface area contributed by atoms with Crippen molar-refractivity contribution >= 4 is 78.3 Å². The number of piperazine rings is 1. The van der Waals surface area contributed by atoms with Gasteiger partial charge < -0.3 is 25.2 Å². The summed E-state index contributed by atoms with van der Waals surface area (Å²) >= 11 is 1.52. The number of rotatable bonds is 7. The Morgan fingerprint density at radius 2 is 1.72 bits per heavy atom. The van der Waals surface area contributed by atoms with Crippen LogP contribution in [-0.4, -0.2) is 107 Å². The van der Waals surface area contributed by atoms with E-state index in [1.165, 1.54) is 15.9 Å². The third kappa shape index (κ3) is 6.61. The van der Waals surface area contributed by atoms with Gasteiger partial charge in [-0.3, -0.25) is 33.7 Å². The lowest BCUT2D eigenvalue weighted by Crippen LogP contribution is -2.49. The van der Waals surface area contributed by atoms with E-state index in [9.17, 15) is 19.2 Å². The number of fused-ring (bicyclic) bond motifs is 6. The number of hydrogen-bond donors (Lipinski definition) is 3. The number of carbonyl (C=O) groups is 3. The Morgan fingerprint density at radius 1 is 0.900 bits per heavy atom. The number of aryl methyl sites for hydroxylation is 1. The van der Waals surface area contributed by atoms with E-state index < -0.39 is 11.9 Å². The van der Waals surface area contributed by atoms with Gasteiger partial charge in [0.1, 0.15) is 28.2 Å². The Kier molecular flexibility index (Phi) is 9.70. The molecule has 0 spiro atoms. The predicted molar refractivity (Wildman–Crippen MR) is 235 cm³/mol. The Bertz CT molecular complexity index is 2740. The first-order valence-electron chi connectivity index (χ1n) is 20.9. The van der Waals surface area contributed by atoms with Crippen LogP contribution in [-0.2, 0) is 16.6 Å². The van der Waals surface area contributed by atoms with Crippen LogP contribution in [0.1, 0.15) is 48.3 Å². The van der Waals surface area contributed by atoms with Crippen molar-refractivity contribution in [3.63, 3.8) is 0 Å². The number of imide groups is 1. The van der Waals surface area contributed by atoms with Crippen LogP contribution in [0.4, 0.5) is 17.2 Å². The zero-order valence-electron chi connectivity index (χ0n) is 34.0. The van der Waals surface area contributed by atoms with E-state index in [4.69, 9.17) is 14.7 Å². The lowest BCUT2D eigenvalue weighted by Gasteiger charge is -2.40. The largest absolute Gasteiger partial charge is 0.494 e. The fraction of sp³-hybridized carbons (Fsp3) is 0.409. The van der Waals surface area contributed by atoms with Gasteiger partial charge in [-0.15, -0.1) is 11.3 Å². The summed E-state index contributed by atoms with van der Waals surface area (Å²) in [6, 6.07) is 15.5. The van der Waals surface area contributed by atoms with Crippen LogP contribution in [0.2, 0.25) is 0 Å². The number of amides is 3. The van der Waals surface area contributed by atoms with Crippen molar-refractivity contribution in [2.24, 2.45) is 13.0 Å². The molecule has 310 valence electrons. The van der Waals surface area contributed by atoms with Crippen LogP contribution in [0, 0.1) is 5.92 Å². The van der Waals surface area contributed by atoms with Crippen LogP contribution >= 0.6 is 11.3 Å². The molecule has 0 bridgehead atoms. The number of benzene rings is 2. The number of pyridine rings is 2. The molecule has 16 heteroatoms. The second kappa shape index (κ2) is 15.2. The van der Waals surface area contributed by atoms with Gasteiger partial charge in [-0.25, -0.2) is 14.8 Å². The predicted octanol–water partition coefficient (Wildman–Crippen LogP) is 4.73. The topological polar surface area (TPSA) is 159 Å². The van der Waals surface area contributed by atoms with Crippen LogP contribution in [0.25, 0.3) is 43.3 Å². The lowest BCUT2D eigenvalue weighted by atomic mass is 9.95. The molecular formula is C44H48N10O5S. The van der Waals surface area contributed by atoms with E-state index >= 15 is 0 Å². The molecular weight excluding hydrogens is 781 g/mol. The summed E-state index contributed by atoms with van der Waals surface area (Å²) in [6.45, 7) is 8.97. The number of carbonyl (C=O) groups excluding carboxylic acids is 3. The third-order valence-electron chi connectivity index (χ3n) is 12.8. The van der Waals surface area contributed by atoms with E-state index in [1.54, 1.807) is 18.7 Å². The van der Waals surface area contributed by atoms with Crippen molar-refractivity contribution in [3.05, 3.63) is 70.1 Å². The number of anilines is 3. The molecule has 3 N–H and O–H groups in total. The number of nitrogens with zero attached hydrogens (tertiary/aromatic N) is 7. The molecule has 1 unspecified atom stereocenters. The molecule has 0 saturated carbocycles. The van der Waals surface area contributed by atoms with E-state index in [2.05, 4.69) is 54.9 Å². The van der Waals surface area contributed by atoms with Crippen molar-refractivity contribution in [2.45, 2.75) is 44.7 Å².